The molecule has 1 unspecified atom stereocenters. The van der Waals surface area contributed by atoms with E-state index in [4.69, 9.17) is 4.98 Å². The maximum Gasteiger partial charge on any atom is 0.103 e. The number of thioether (sulfide) groups is 1. The summed E-state index contributed by atoms with van der Waals surface area (Å²) >= 11 is 4.01. The van der Waals surface area contributed by atoms with Crippen LogP contribution in [0, 0.1) is 0 Å². The first kappa shape index (κ1) is 13.9. The van der Waals surface area contributed by atoms with Gasteiger partial charge in [0.25, 0.3) is 0 Å². The van der Waals surface area contributed by atoms with E-state index in [0.29, 0.717) is 5.92 Å². The first-order chi connectivity index (χ1) is 9.36. The number of nitrogens with one attached hydrogen (secondary N) is 1. The highest BCUT2D eigenvalue weighted by Crippen LogP contribution is 2.36. The van der Waals surface area contributed by atoms with Gasteiger partial charge in [-0.3, -0.25) is 0 Å². The number of hydrogen-bond donors (Lipinski definition) is 1. The minimum Gasteiger partial charge on any atom is -0.313 e. The van der Waals surface area contributed by atoms with E-state index in [2.05, 4.69) is 12.2 Å². The quantitative estimate of drug-likeness (QED) is 0.771. The van der Waals surface area contributed by atoms with Gasteiger partial charge in [0.1, 0.15) is 5.01 Å². The molecule has 1 saturated carbocycles. The molecule has 4 heteroatoms. The zero-order chi connectivity index (χ0) is 13.1. The third-order valence-corrected chi connectivity index (χ3v) is 6.41. The predicted octanol–water partition coefficient (Wildman–Crippen LogP) is 3.96. The molecule has 0 spiro atoms. The van der Waals surface area contributed by atoms with E-state index >= 15 is 0 Å². The Morgan fingerprint density at radius 2 is 2.26 bits per heavy atom. The van der Waals surface area contributed by atoms with Crippen LogP contribution in [0.2, 0.25) is 0 Å². The van der Waals surface area contributed by atoms with Crippen molar-refractivity contribution in [1.82, 2.24) is 10.3 Å². The monoisotopic (exact) mass is 296 g/mol. The third kappa shape index (κ3) is 3.73. The highest BCUT2D eigenvalue weighted by molar-refractivity contribution is 7.98. The molecule has 0 bridgehead atoms. The number of thiazole rings is 1. The number of aromatic nitrogens is 1. The lowest BCUT2D eigenvalue weighted by Gasteiger charge is -2.21. The summed E-state index contributed by atoms with van der Waals surface area (Å²) in [6.07, 6.45) is 7.99. The van der Waals surface area contributed by atoms with Gasteiger partial charge < -0.3 is 5.32 Å². The van der Waals surface area contributed by atoms with Crippen LogP contribution in [-0.2, 0) is 12.2 Å². The van der Waals surface area contributed by atoms with Crippen LogP contribution >= 0.6 is 23.1 Å². The van der Waals surface area contributed by atoms with E-state index in [1.54, 1.807) is 4.88 Å². The van der Waals surface area contributed by atoms with Crippen molar-refractivity contribution in [3.8, 4) is 0 Å². The van der Waals surface area contributed by atoms with Crippen molar-refractivity contribution in [3.63, 3.8) is 0 Å². The lowest BCUT2D eigenvalue weighted by Crippen LogP contribution is -2.25. The van der Waals surface area contributed by atoms with Crippen molar-refractivity contribution in [2.75, 3.05) is 12.3 Å². The van der Waals surface area contributed by atoms with Gasteiger partial charge in [-0.1, -0.05) is 6.92 Å². The molecule has 0 amide bonds. The lowest BCUT2D eigenvalue weighted by atomic mass is 9.91. The number of rotatable bonds is 7. The van der Waals surface area contributed by atoms with Gasteiger partial charge in [-0.15, -0.1) is 11.3 Å². The fourth-order valence-corrected chi connectivity index (χ4v) is 4.87. The van der Waals surface area contributed by atoms with E-state index in [0.717, 1.165) is 18.3 Å². The molecule has 1 atom stereocenters. The Kier molecular flexibility index (Phi) is 4.83. The highest BCUT2D eigenvalue weighted by atomic mass is 32.2. The Labute approximate surface area is 124 Å². The molecule has 1 heterocycles. The van der Waals surface area contributed by atoms with E-state index in [1.807, 2.05) is 23.1 Å². The van der Waals surface area contributed by atoms with Crippen LogP contribution in [0.3, 0.4) is 0 Å². The number of fused-ring (bicyclic) bond motifs is 1. The molecule has 2 aliphatic rings. The summed E-state index contributed by atoms with van der Waals surface area (Å²) in [5, 5.41) is 5.05. The van der Waals surface area contributed by atoms with E-state index in [9.17, 15) is 0 Å². The van der Waals surface area contributed by atoms with E-state index < -0.39 is 0 Å². The Balaban J connectivity index is 1.61. The summed E-state index contributed by atoms with van der Waals surface area (Å²) in [6.45, 7) is 3.41. The topological polar surface area (TPSA) is 24.9 Å². The first-order valence-electron chi connectivity index (χ1n) is 7.66. The number of aryl methyl sites for hydroxylation is 1. The SMILES string of the molecule is CCCSCc1nc2c(s1)CCCC2CNC1CC1. The average molecular weight is 297 g/mol. The Morgan fingerprint density at radius 1 is 1.37 bits per heavy atom. The molecule has 1 fully saturated rings. The van der Waals surface area contributed by atoms with Gasteiger partial charge in [-0.2, -0.15) is 11.8 Å². The zero-order valence-corrected chi connectivity index (χ0v) is 13.4. The molecule has 19 heavy (non-hydrogen) atoms. The summed E-state index contributed by atoms with van der Waals surface area (Å²) in [5.74, 6) is 3.07. The maximum atomic E-state index is 4.96. The smallest absolute Gasteiger partial charge is 0.103 e. The van der Waals surface area contributed by atoms with Crippen LogP contribution < -0.4 is 5.32 Å². The minimum absolute atomic E-state index is 0.686. The van der Waals surface area contributed by atoms with Crippen LogP contribution in [0.1, 0.15) is 60.5 Å². The van der Waals surface area contributed by atoms with Crippen LogP contribution in [0.25, 0.3) is 0 Å². The molecule has 2 aliphatic carbocycles. The molecule has 3 rings (SSSR count). The highest BCUT2D eigenvalue weighted by Gasteiger charge is 2.27. The molecule has 1 N–H and O–H groups in total. The van der Waals surface area contributed by atoms with Gasteiger partial charge >= 0.3 is 0 Å². The maximum absolute atomic E-state index is 4.96. The third-order valence-electron chi connectivity index (χ3n) is 3.92. The Hall–Kier alpha value is -0.0600. The van der Waals surface area contributed by atoms with Crippen molar-refractivity contribution in [2.24, 2.45) is 0 Å². The molecule has 0 radical (unpaired) electrons. The Bertz CT molecular complexity index is 412. The average Bonchev–Trinajstić information content (AvgIpc) is 3.15. The second-order valence-electron chi connectivity index (χ2n) is 5.74. The predicted molar refractivity (Wildman–Crippen MR) is 85.3 cm³/mol. The molecule has 1 aromatic rings. The van der Waals surface area contributed by atoms with Crippen LogP contribution in [-0.4, -0.2) is 23.3 Å². The molecule has 0 aromatic carbocycles. The molecule has 0 aliphatic heterocycles. The lowest BCUT2D eigenvalue weighted by molar-refractivity contribution is 0.500. The molecule has 0 saturated heterocycles. The number of hydrogen-bond acceptors (Lipinski definition) is 4. The summed E-state index contributed by atoms with van der Waals surface area (Å²) in [7, 11) is 0. The molecule has 2 nitrogen and oxygen atoms in total. The second-order valence-corrected chi connectivity index (χ2v) is 8.01. The fraction of sp³-hybridized carbons (Fsp3) is 0.800. The van der Waals surface area contributed by atoms with Crippen LogP contribution in [0.15, 0.2) is 0 Å². The largest absolute Gasteiger partial charge is 0.313 e. The molecule has 1 aromatic heterocycles. The summed E-state index contributed by atoms with van der Waals surface area (Å²) in [5.41, 5.74) is 1.44. The molecular weight excluding hydrogens is 272 g/mol. The van der Waals surface area contributed by atoms with Gasteiger partial charge in [-0.05, 0) is 44.3 Å². The minimum atomic E-state index is 0.686. The molecule has 106 valence electrons. The van der Waals surface area contributed by atoms with E-state index in [1.165, 1.54) is 55.0 Å². The van der Waals surface area contributed by atoms with Crippen molar-refractivity contribution in [3.05, 3.63) is 15.6 Å². The van der Waals surface area contributed by atoms with Crippen molar-refractivity contribution in [2.45, 2.75) is 63.2 Å². The first-order valence-corrected chi connectivity index (χ1v) is 9.63. The standard InChI is InChI=1S/C15H24N2S2/c1-2-8-18-10-14-17-15-11(9-16-12-6-7-12)4-3-5-13(15)19-14/h11-12,16H,2-10H2,1H3. The van der Waals surface area contributed by atoms with Crippen LogP contribution in [0.4, 0.5) is 0 Å². The normalized spacial score (nSPS) is 22.5. The zero-order valence-electron chi connectivity index (χ0n) is 11.8. The molecular formula is C15H24N2S2. The Morgan fingerprint density at radius 3 is 3.05 bits per heavy atom. The van der Waals surface area contributed by atoms with Gasteiger partial charge in [0, 0.05) is 29.1 Å². The van der Waals surface area contributed by atoms with Crippen molar-refractivity contribution < 1.29 is 0 Å². The van der Waals surface area contributed by atoms with Gasteiger partial charge in [-0.25, -0.2) is 4.98 Å². The second kappa shape index (κ2) is 6.59. The van der Waals surface area contributed by atoms with Crippen molar-refractivity contribution >= 4 is 23.1 Å². The van der Waals surface area contributed by atoms with E-state index in [-0.39, 0.29) is 0 Å². The summed E-state index contributed by atoms with van der Waals surface area (Å²) in [6, 6.07) is 0.823. The van der Waals surface area contributed by atoms with Crippen molar-refractivity contribution in [1.29, 1.82) is 0 Å². The summed E-state index contributed by atoms with van der Waals surface area (Å²) in [4.78, 5) is 6.54. The van der Waals surface area contributed by atoms with Gasteiger partial charge in [0.2, 0.25) is 0 Å². The van der Waals surface area contributed by atoms with Gasteiger partial charge in [0.15, 0.2) is 0 Å². The fourth-order valence-electron chi connectivity index (χ4n) is 2.72. The summed E-state index contributed by atoms with van der Waals surface area (Å²) < 4.78 is 0. The van der Waals surface area contributed by atoms with Crippen LogP contribution in [0.5, 0.6) is 0 Å². The number of nitrogens with zero attached hydrogens (tertiary/aromatic N) is 1. The van der Waals surface area contributed by atoms with Gasteiger partial charge in [0.05, 0.1) is 5.69 Å².